The first-order valence-corrected chi connectivity index (χ1v) is 9.97. The first-order chi connectivity index (χ1) is 9.60. The molecule has 8 heteroatoms. The van der Waals surface area contributed by atoms with Crippen LogP contribution in [0.5, 0.6) is 0 Å². The zero-order chi connectivity index (χ0) is 16.3. The van der Waals surface area contributed by atoms with Gasteiger partial charge in [0.25, 0.3) is 0 Å². The van der Waals surface area contributed by atoms with Crippen LogP contribution < -0.4 is 9.86 Å². The third-order valence-corrected chi connectivity index (χ3v) is 5.36. The van der Waals surface area contributed by atoms with Gasteiger partial charge in [-0.05, 0) is 43.0 Å². The van der Waals surface area contributed by atoms with E-state index in [9.17, 15) is 16.8 Å². The number of hydrogen-bond donors (Lipinski definition) is 2. The van der Waals surface area contributed by atoms with E-state index in [0.29, 0.717) is 29.7 Å². The molecule has 1 aromatic carbocycles. The molecule has 0 bridgehead atoms. The van der Waals surface area contributed by atoms with Crippen molar-refractivity contribution >= 4 is 25.7 Å². The summed E-state index contributed by atoms with van der Waals surface area (Å²) in [5, 5.41) is 5.13. The van der Waals surface area contributed by atoms with Gasteiger partial charge in [0.05, 0.1) is 16.3 Å². The van der Waals surface area contributed by atoms with Crippen LogP contribution in [0.3, 0.4) is 0 Å². The number of aryl methyl sites for hydroxylation is 2. The van der Waals surface area contributed by atoms with Gasteiger partial charge in [-0.25, -0.2) is 22.0 Å². The lowest BCUT2D eigenvalue weighted by atomic mass is 10.1. The number of primary sulfonamides is 1. The number of unbranched alkanes of at least 4 members (excludes halogenated alkanes) is 1. The molecule has 0 fully saturated rings. The van der Waals surface area contributed by atoms with Gasteiger partial charge in [-0.3, -0.25) is 4.72 Å². The van der Waals surface area contributed by atoms with E-state index in [1.807, 2.05) is 13.8 Å². The lowest BCUT2D eigenvalue weighted by Crippen LogP contribution is -2.19. The minimum atomic E-state index is -3.81. The molecule has 0 atom stereocenters. The number of hydrogen-bond acceptors (Lipinski definition) is 4. The Morgan fingerprint density at radius 1 is 1.14 bits per heavy atom. The van der Waals surface area contributed by atoms with Crippen LogP contribution in [0.4, 0.5) is 5.69 Å². The minimum absolute atomic E-state index is 0.00615. The molecule has 0 radical (unpaired) electrons. The van der Waals surface area contributed by atoms with E-state index >= 15 is 0 Å². The molecule has 0 aliphatic carbocycles. The van der Waals surface area contributed by atoms with Gasteiger partial charge in [0.2, 0.25) is 20.0 Å². The van der Waals surface area contributed by atoms with E-state index in [4.69, 9.17) is 5.14 Å². The standard InChI is InChI=1S/C13H22N2O4S2/c1-4-6-7-20(16,17)15-13-10(3)8-12(21(14,18)19)9-11(13)5-2/h8-9,15H,4-7H2,1-3H3,(H2,14,18,19). The maximum Gasteiger partial charge on any atom is 0.238 e. The van der Waals surface area contributed by atoms with Gasteiger partial charge in [0.1, 0.15) is 0 Å². The average Bonchev–Trinajstić information content (AvgIpc) is 2.37. The third-order valence-electron chi connectivity index (χ3n) is 3.12. The summed E-state index contributed by atoms with van der Waals surface area (Å²) in [4.78, 5) is -0.00615. The van der Waals surface area contributed by atoms with Crippen molar-refractivity contribution in [3.8, 4) is 0 Å². The topological polar surface area (TPSA) is 106 Å². The zero-order valence-corrected chi connectivity index (χ0v) is 14.1. The van der Waals surface area contributed by atoms with Crippen LogP contribution in [-0.4, -0.2) is 22.6 Å². The second-order valence-electron chi connectivity index (χ2n) is 4.95. The van der Waals surface area contributed by atoms with Crippen molar-refractivity contribution in [2.24, 2.45) is 5.14 Å². The highest BCUT2D eigenvalue weighted by Crippen LogP contribution is 2.26. The average molecular weight is 334 g/mol. The summed E-state index contributed by atoms with van der Waals surface area (Å²) >= 11 is 0. The molecule has 0 spiro atoms. The molecular weight excluding hydrogens is 312 g/mol. The maximum atomic E-state index is 12.0. The molecule has 1 aromatic rings. The Morgan fingerprint density at radius 3 is 2.24 bits per heavy atom. The zero-order valence-electron chi connectivity index (χ0n) is 12.5. The Balaban J connectivity index is 3.26. The summed E-state index contributed by atoms with van der Waals surface area (Å²) in [6.45, 7) is 5.40. The lowest BCUT2D eigenvalue weighted by molar-refractivity contribution is 0.596. The quantitative estimate of drug-likeness (QED) is 0.792. The van der Waals surface area contributed by atoms with Crippen LogP contribution >= 0.6 is 0 Å². The van der Waals surface area contributed by atoms with Crippen LogP contribution in [-0.2, 0) is 26.5 Å². The molecule has 0 unspecified atom stereocenters. The van der Waals surface area contributed by atoms with Crippen molar-refractivity contribution in [1.29, 1.82) is 0 Å². The predicted molar refractivity (Wildman–Crippen MR) is 84.2 cm³/mol. The minimum Gasteiger partial charge on any atom is -0.283 e. The molecule has 6 nitrogen and oxygen atoms in total. The van der Waals surface area contributed by atoms with E-state index < -0.39 is 20.0 Å². The molecule has 0 aliphatic heterocycles. The smallest absolute Gasteiger partial charge is 0.238 e. The molecule has 0 heterocycles. The SMILES string of the molecule is CCCCS(=O)(=O)Nc1c(C)cc(S(N)(=O)=O)cc1CC. The van der Waals surface area contributed by atoms with E-state index in [0.717, 1.165) is 6.42 Å². The molecule has 3 N–H and O–H groups in total. The molecule has 0 saturated heterocycles. The van der Waals surface area contributed by atoms with E-state index in [1.54, 1.807) is 6.92 Å². The fraction of sp³-hybridized carbons (Fsp3) is 0.538. The van der Waals surface area contributed by atoms with Crippen LogP contribution in [0, 0.1) is 6.92 Å². The van der Waals surface area contributed by atoms with Crippen molar-refractivity contribution in [3.05, 3.63) is 23.3 Å². The van der Waals surface area contributed by atoms with Crippen LogP contribution in [0.1, 0.15) is 37.8 Å². The Morgan fingerprint density at radius 2 is 1.76 bits per heavy atom. The molecule has 120 valence electrons. The Labute approximate surface area is 126 Å². The summed E-state index contributed by atoms with van der Waals surface area (Å²) in [6.07, 6.45) is 1.85. The number of sulfonamides is 2. The van der Waals surface area contributed by atoms with Crippen LogP contribution in [0.2, 0.25) is 0 Å². The van der Waals surface area contributed by atoms with Crippen LogP contribution in [0.15, 0.2) is 17.0 Å². The monoisotopic (exact) mass is 334 g/mol. The van der Waals surface area contributed by atoms with E-state index in [2.05, 4.69) is 4.72 Å². The molecule has 0 aromatic heterocycles. The van der Waals surface area contributed by atoms with Crippen molar-refractivity contribution in [2.75, 3.05) is 10.5 Å². The Hall–Kier alpha value is -1.12. The maximum absolute atomic E-state index is 12.0. The first kappa shape index (κ1) is 17.9. The number of anilines is 1. The third kappa shape index (κ3) is 4.98. The highest BCUT2D eigenvalue weighted by atomic mass is 32.2. The fourth-order valence-electron chi connectivity index (χ4n) is 1.95. The fourth-order valence-corrected chi connectivity index (χ4v) is 3.98. The normalized spacial score (nSPS) is 12.4. The number of nitrogens with two attached hydrogens (primary N) is 1. The number of nitrogens with one attached hydrogen (secondary N) is 1. The number of benzene rings is 1. The van der Waals surface area contributed by atoms with Crippen molar-refractivity contribution < 1.29 is 16.8 Å². The van der Waals surface area contributed by atoms with Gasteiger partial charge >= 0.3 is 0 Å². The van der Waals surface area contributed by atoms with Crippen molar-refractivity contribution in [2.45, 2.75) is 44.9 Å². The van der Waals surface area contributed by atoms with Gasteiger partial charge < -0.3 is 0 Å². The van der Waals surface area contributed by atoms with Gasteiger partial charge in [0, 0.05) is 0 Å². The second-order valence-corrected chi connectivity index (χ2v) is 8.35. The van der Waals surface area contributed by atoms with Gasteiger partial charge in [-0.1, -0.05) is 20.3 Å². The van der Waals surface area contributed by atoms with Crippen LogP contribution in [0.25, 0.3) is 0 Å². The summed E-state index contributed by atoms with van der Waals surface area (Å²) < 4.78 is 49.4. The van der Waals surface area contributed by atoms with Gasteiger partial charge in [-0.15, -0.1) is 0 Å². The number of rotatable bonds is 7. The molecule has 1 rings (SSSR count). The molecule has 0 amide bonds. The summed E-state index contributed by atoms with van der Waals surface area (Å²) in [5.74, 6) is 0.0447. The van der Waals surface area contributed by atoms with E-state index in [-0.39, 0.29) is 10.6 Å². The Bertz CT molecular complexity index is 710. The summed E-state index contributed by atoms with van der Waals surface area (Å²) in [5.41, 5.74) is 1.60. The summed E-state index contributed by atoms with van der Waals surface area (Å²) in [6, 6.07) is 2.80. The van der Waals surface area contributed by atoms with E-state index in [1.165, 1.54) is 12.1 Å². The largest absolute Gasteiger partial charge is 0.283 e. The lowest BCUT2D eigenvalue weighted by Gasteiger charge is -2.15. The molecular formula is C13H22N2O4S2. The molecule has 0 saturated carbocycles. The van der Waals surface area contributed by atoms with Gasteiger partial charge in [0.15, 0.2) is 0 Å². The summed E-state index contributed by atoms with van der Waals surface area (Å²) in [7, 11) is -7.24. The Kier molecular flexibility index (Phi) is 5.77. The predicted octanol–water partition coefficient (Wildman–Crippen LogP) is 1.75. The molecule has 21 heavy (non-hydrogen) atoms. The van der Waals surface area contributed by atoms with Crippen molar-refractivity contribution in [1.82, 2.24) is 0 Å². The second kappa shape index (κ2) is 6.76. The molecule has 0 aliphatic rings. The van der Waals surface area contributed by atoms with Gasteiger partial charge in [-0.2, -0.15) is 0 Å². The first-order valence-electron chi connectivity index (χ1n) is 6.77. The highest BCUT2D eigenvalue weighted by Gasteiger charge is 2.17. The van der Waals surface area contributed by atoms with Crippen molar-refractivity contribution in [3.63, 3.8) is 0 Å². The highest BCUT2D eigenvalue weighted by molar-refractivity contribution is 7.92.